The van der Waals surface area contributed by atoms with Gasteiger partial charge in [0.2, 0.25) is 12.7 Å². The molecule has 1 amide bonds. The standard InChI is InChI=1S/C20H23F4N5O3/c1-10(22)16-17(24)20(3,29-19(25)32-16)13-7-12(5-6-14(13)23)28-18(30)11(2)27-8-15(26-4)31-9-21/h5-8,10,16-17H,4,9H2,1-3H3,(H2,25,29)(H,28,30)/b15-8+,27-11?/t10-,16+,17-,20+/m0/s1. The second-order valence-corrected chi connectivity index (χ2v) is 7.00. The summed E-state index contributed by atoms with van der Waals surface area (Å²) in [7, 11) is 0. The van der Waals surface area contributed by atoms with Crippen LogP contribution in [0, 0.1) is 5.82 Å². The number of halogens is 4. The topological polar surface area (TPSA) is 111 Å². The summed E-state index contributed by atoms with van der Waals surface area (Å²) in [4.78, 5) is 23.4. The molecule has 0 saturated heterocycles. The van der Waals surface area contributed by atoms with Crippen LogP contribution in [0.3, 0.4) is 0 Å². The summed E-state index contributed by atoms with van der Waals surface area (Å²) in [5.41, 5.74) is 3.42. The van der Waals surface area contributed by atoms with Gasteiger partial charge in [-0.15, -0.1) is 0 Å². The van der Waals surface area contributed by atoms with Crippen LogP contribution in [0.4, 0.5) is 23.2 Å². The van der Waals surface area contributed by atoms with E-state index in [1.165, 1.54) is 19.9 Å². The lowest BCUT2D eigenvalue weighted by Crippen LogP contribution is -2.52. The molecule has 2 rings (SSSR count). The first-order valence-corrected chi connectivity index (χ1v) is 9.35. The van der Waals surface area contributed by atoms with E-state index >= 15 is 4.39 Å². The summed E-state index contributed by atoms with van der Waals surface area (Å²) < 4.78 is 65.2. The van der Waals surface area contributed by atoms with E-state index in [-0.39, 0.29) is 22.8 Å². The lowest BCUT2D eigenvalue weighted by molar-refractivity contribution is -0.110. The molecular formula is C20H23F4N5O3. The van der Waals surface area contributed by atoms with Crippen LogP contribution in [0.1, 0.15) is 26.3 Å². The maximum atomic E-state index is 15.1. The van der Waals surface area contributed by atoms with Crippen LogP contribution < -0.4 is 11.1 Å². The molecule has 0 saturated carbocycles. The zero-order valence-electron chi connectivity index (χ0n) is 17.6. The van der Waals surface area contributed by atoms with Gasteiger partial charge in [-0.2, -0.15) is 0 Å². The quantitative estimate of drug-likeness (QED) is 0.355. The number of ether oxygens (including phenoxy) is 2. The summed E-state index contributed by atoms with van der Waals surface area (Å²) >= 11 is 0. The minimum Gasteiger partial charge on any atom is -0.456 e. The lowest BCUT2D eigenvalue weighted by atomic mass is 9.83. The molecule has 0 fully saturated rings. The van der Waals surface area contributed by atoms with Gasteiger partial charge in [-0.25, -0.2) is 27.5 Å². The zero-order valence-corrected chi connectivity index (χ0v) is 17.6. The van der Waals surface area contributed by atoms with E-state index < -0.39 is 48.6 Å². The van der Waals surface area contributed by atoms with E-state index in [9.17, 15) is 18.0 Å². The Morgan fingerprint density at radius 2 is 2.22 bits per heavy atom. The average molecular weight is 457 g/mol. The maximum absolute atomic E-state index is 15.1. The Labute approximate surface area is 181 Å². The zero-order chi connectivity index (χ0) is 24.1. The van der Waals surface area contributed by atoms with Crippen molar-refractivity contribution in [1.82, 2.24) is 0 Å². The molecule has 3 N–H and O–H groups in total. The molecule has 0 aromatic heterocycles. The normalized spacial score (nSPS) is 24.8. The van der Waals surface area contributed by atoms with Gasteiger partial charge in [-0.05, 0) is 45.7 Å². The summed E-state index contributed by atoms with van der Waals surface area (Å²) in [6, 6.07) is 2.91. The molecule has 1 aromatic carbocycles. The van der Waals surface area contributed by atoms with Crippen LogP contribution in [0.2, 0.25) is 0 Å². The van der Waals surface area contributed by atoms with Crippen LogP contribution >= 0.6 is 0 Å². The highest BCUT2D eigenvalue weighted by Gasteiger charge is 2.50. The first-order valence-electron chi connectivity index (χ1n) is 9.35. The lowest BCUT2D eigenvalue weighted by Gasteiger charge is -2.39. The maximum Gasteiger partial charge on any atom is 0.283 e. The van der Waals surface area contributed by atoms with Crippen molar-refractivity contribution in [2.75, 3.05) is 12.2 Å². The van der Waals surface area contributed by atoms with Gasteiger partial charge < -0.3 is 20.5 Å². The Balaban J connectivity index is 2.34. The molecule has 12 heteroatoms. The van der Waals surface area contributed by atoms with Gasteiger partial charge in [0.25, 0.3) is 11.9 Å². The molecule has 0 bridgehead atoms. The van der Waals surface area contributed by atoms with Crippen molar-refractivity contribution in [3.8, 4) is 0 Å². The van der Waals surface area contributed by atoms with E-state index in [0.29, 0.717) is 0 Å². The predicted octanol–water partition coefficient (Wildman–Crippen LogP) is 3.29. The van der Waals surface area contributed by atoms with Crippen LogP contribution in [0.15, 0.2) is 45.3 Å². The SMILES string of the molecule is C=N/C(=C\N=C(C)C(=O)Nc1ccc(F)c([C@@]2(C)N=C(N)O[C@H]([C@H](C)F)[C@@H]2F)c1)OCF. The van der Waals surface area contributed by atoms with Gasteiger partial charge in [-0.1, -0.05) is 0 Å². The average Bonchev–Trinajstić information content (AvgIpc) is 2.74. The number of rotatable bonds is 8. The molecule has 0 unspecified atom stereocenters. The van der Waals surface area contributed by atoms with Crippen LogP contribution in [0.25, 0.3) is 0 Å². The summed E-state index contributed by atoms with van der Waals surface area (Å²) in [6.45, 7) is 5.70. The van der Waals surface area contributed by atoms with Gasteiger partial charge in [-0.3, -0.25) is 9.79 Å². The molecule has 0 spiro atoms. The smallest absolute Gasteiger partial charge is 0.283 e. The second kappa shape index (κ2) is 10.2. The molecule has 1 aromatic rings. The van der Waals surface area contributed by atoms with Crippen molar-refractivity contribution in [2.45, 2.75) is 44.8 Å². The van der Waals surface area contributed by atoms with Gasteiger partial charge in [0.05, 0.1) is 6.20 Å². The number of anilines is 1. The van der Waals surface area contributed by atoms with Gasteiger partial charge in [0, 0.05) is 11.3 Å². The second-order valence-electron chi connectivity index (χ2n) is 7.00. The Morgan fingerprint density at radius 1 is 1.53 bits per heavy atom. The van der Waals surface area contributed by atoms with E-state index in [4.69, 9.17) is 10.5 Å². The van der Waals surface area contributed by atoms with Gasteiger partial charge in [0.1, 0.15) is 23.2 Å². The summed E-state index contributed by atoms with van der Waals surface area (Å²) in [5, 5.41) is 2.47. The number of carbonyl (C=O) groups excluding carboxylic acids is 1. The van der Waals surface area contributed by atoms with Crippen molar-refractivity contribution in [3.05, 3.63) is 41.7 Å². The number of nitrogens with one attached hydrogen (secondary N) is 1. The minimum absolute atomic E-state index is 0.0753. The third kappa shape index (κ3) is 5.42. The van der Waals surface area contributed by atoms with Crippen LogP contribution in [0.5, 0.6) is 0 Å². The minimum atomic E-state index is -2.07. The molecule has 174 valence electrons. The first-order chi connectivity index (χ1) is 15.0. The highest BCUT2D eigenvalue weighted by Crippen LogP contribution is 2.40. The molecule has 0 aliphatic carbocycles. The number of carbonyl (C=O) groups is 1. The van der Waals surface area contributed by atoms with E-state index in [1.54, 1.807) is 0 Å². The summed E-state index contributed by atoms with van der Waals surface area (Å²) in [6.07, 6.45) is -4.41. The van der Waals surface area contributed by atoms with Crippen molar-refractivity contribution in [3.63, 3.8) is 0 Å². The molecule has 4 atom stereocenters. The Kier molecular flexibility index (Phi) is 7.95. The third-order valence-corrected chi connectivity index (χ3v) is 4.70. The Hall–Kier alpha value is -3.44. The first kappa shape index (κ1) is 24.8. The number of amidine groups is 1. The highest BCUT2D eigenvalue weighted by atomic mass is 19.2. The van der Waals surface area contributed by atoms with Crippen molar-refractivity contribution in [2.24, 2.45) is 20.7 Å². The Morgan fingerprint density at radius 3 is 2.81 bits per heavy atom. The van der Waals surface area contributed by atoms with Crippen molar-refractivity contribution in [1.29, 1.82) is 0 Å². The number of hydrogen-bond donors (Lipinski definition) is 2. The third-order valence-electron chi connectivity index (χ3n) is 4.70. The number of amides is 1. The number of alkyl halides is 3. The van der Waals surface area contributed by atoms with Crippen molar-refractivity contribution >= 4 is 30.0 Å². The predicted molar refractivity (Wildman–Crippen MR) is 112 cm³/mol. The van der Waals surface area contributed by atoms with E-state index in [1.807, 2.05) is 0 Å². The number of benzene rings is 1. The number of hydrogen-bond acceptors (Lipinski definition) is 7. The van der Waals surface area contributed by atoms with Crippen LogP contribution in [-0.4, -0.2) is 49.7 Å². The largest absolute Gasteiger partial charge is 0.456 e. The highest BCUT2D eigenvalue weighted by molar-refractivity contribution is 6.42. The van der Waals surface area contributed by atoms with Gasteiger partial charge in [0.15, 0.2) is 12.3 Å². The molecule has 1 heterocycles. The Bertz CT molecular complexity index is 967. The van der Waals surface area contributed by atoms with Crippen LogP contribution in [-0.2, 0) is 19.8 Å². The van der Waals surface area contributed by atoms with E-state index in [2.05, 4.69) is 31.7 Å². The molecule has 8 nitrogen and oxygen atoms in total. The molecule has 32 heavy (non-hydrogen) atoms. The molecule has 0 radical (unpaired) electrons. The fourth-order valence-electron chi connectivity index (χ4n) is 2.97. The van der Waals surface area contributed by atoms with E-state index in [0.717, 1.165) is 25.3 Å². The number of aliphatic imine (C=N–C) groups is 3. The molecular weight excluding hydrogens is 434 g/mol. The summed E-state index contributed by atoms with van der Waals surface area (Å²) in [5.74, 6) is -1.78. The number of nitrogens with two attached hydrogens (primary N) is 1. The fourth-order valence-corrected chi connectivity index (χ4v) is 2.97. The van der Waals surface area contributed by atoms with Crippen molar-refractivity contribution < 1.29 is 31.8 Å². The fraction of sp³-hybridized carbons (Fsp3) is 0.400. The number of nitrogens with zero attached hydrogens (tertiary/aromatic N) is 3. The monoisotopic (exact) mass is 457 g/mol. The molecule has 1 aliphatic rings. The molecule has 1 aliphatic heterocycles. The van der Waals surface area contributed by atoms with Gasteiger partial charge >= 0.3 is 0 Å².